The van der Waals surface area contributed by atoms with Crippen molar-refractivity contribution in [3.8, 4) is 11.5 Å². The van der Waals surface area contributed by atoms with E-state index in [1.54, 1.807) is 6.20 Å². The summed E-state index contributed by atoms with van der Waals surface area (Å²) in [7, 11) is 0. The Kier molecular flexibility index (Phi) is 3.33. The summed E-state index contributed by atoms with van der Waals surface area (Å²) in [5.41, 5.74) is 1.82. The molecule has 16 heavy (non-hydrogen) atoms. The molecule has 84 valence electrons. The van der Waals surface area contributed by atoms with Crippen molar-refractivity contribution in [3.63, 3.8) is 0 Å². The summed E-state index contributed by atoms with van der Waals surface area (Å²) in [5.74, 6) is 1.12. The van der Waals surface area contributed by atoms with Gasteiger partial charge in [-0.05, 0) is 25.5 Å². The summed E-state index contributed by atoms with van der Waals surface area (Å²) < 4.78 is 5.55. The van der Waals surface area contributed by atoms with E-state index in [-0.39, 0.29) is 4.83 Å². The third kappa shape index (κ3) is 2.29. The molecule has 5 heteroatoms. The number of nitrogens with zero attached hydrogens (tertiary/aromatic N) is 3. The van der Waals surface area contributed by atoms with E-state index in [9.17, 15) is 0 Å². The first kappa shape index (κ1) is 11.3. The van der Waals surface area contributed by atoms with Crippen molar-refractivity contribution in [3.05, 3.63) is 29.9 Å². The Bertz CT molecular complexity index is 466. The van der Waals surface area contributed by atoms with Crippen LogP contribution in [0.15, 0.2) is 22.7 Å². The van der Waals surface area contributed by atoms with Crippen molar-refractivity contribution in [2.75, 3.05) is 0 Å². The second-order valence-corrected chi connectivity index (χ2v) is 4.61. The van der Waals surface area contributed by atoms with Crippen LogP contribution in [0, 0.1) is 6.92 Å². The Labute approximate surface area is 102 Å². The number of pyridine rings is 1. The van der Waals surface area contributed by atoms with Crippen LogP contribution in [-0.4, -0.2) is 15.2 Å². The largest absolute Gasteiger partial charge is 0.419 e. The van der Waals surface area contributed by atoms with Crippen molar-refractivity contribution >= 4 is 15.9 Å². The number of hydrogen-bond donors (Lipinski definition) is 0. The van der Waals surface area contributed by atoms with E-state index in [4.69, 9.17) is 4.42 Å². The van der Waals surface area contributed by atoms with Crippen molar-refractivity contribution in [1.82, 2.24) is 15.2 Å². The van der Waals surface area contributed by atoms with E-state index in [1.165, 1.54) is 0 Å². The van der Waals surface area contributed by atoms with Gasteiger partial charge in [0.2, 0.25) is 11.8 Å². The maximum Gasteiger partial charge on any atom is 0.249 e. The van der Waals surface area contributed by atoms with Gasteiger partial charge in [-0.25, -0.2) is 0 Å². The average molecular weight is 282 g/mol. The molecule has 0 aliphatic carbocycles. The predicted octanol–water partition coefficient (Wildman–Crippen LogP) is 3.29. The highest BCUT2D eigenvalue weighted by Crippen LogP contribution is 2.27. The van der Waals surface area contributed by atoms with Gasteiger partial charge in [0.15, 0.2) is 0 Å². The minimum Gasteiger partial charge on any atom is -0.419 e. The minimum absolute atomic E-state index is 0.118. The van der Waals surface area contributed by atoms with Gasteiger partial charge in [-0.1, -0.05) is 22.9 Å². The van der Waals surface area contributed by atoms with Gasteiger partial charge in [-0.15, -0.1) is 10.2 Å². The third-order valence-electron chi connectivity index (χ3n) is 2.23. The van der Waals surface area contributed by atoms with E-state index in [0.29, 0.717) is 11.8 Å². The number of alkyl halides is 1. The van der Waals surface area contributed by atoms with Gasteiger partial charge in [0.05, 0.1) is 10.4 Å². The van der Waals surface area contributed by atoms with Gasteiger partial charge >= 0.3 is 0 Å². The second-order valence-electron chi connectivity index (χ2n) is 3.51. The van der Waals surface area contributed by atoms with Crippen LogP contribution < -0.4 is 0 Å². The number of rotatable bonds is 3. The van der Waals surface area contributed by atoms with E-state index >= 15 is 0 Å². The lowest BCUT2D eigenvalue weighted by Gasteiger charge is -1.98. The Balaban J connectivity index is 2.28. The molecule has 0 aliphatic rings. The van der Waals surface area contributed by atoms with Crippen molar-refractivity contribution in [1.29, 1.82) is 0 Å². The zero-order chi connectivity index (χ0) is 11.5. The first-order valence-electron chi connectivity index (χ1n) is 5.11. The summed E-state index contributed by atoms with van der Waals surface area (Å²) in [4.78, 5) is 4.31. The van der Waals surface area contributed by atoms with Gasteiger partial charge in [0.25, 0.3) is 0 Å². The first-order valence-corrected chi connectivity index (χ1v) is 6.02. The lowest BCUT2D eigenvalue weighted by atomic mass is 10.2. The molecule has 0 bridgehead atoms. The lowest BCUT2D eigenvalue weighted by Crippen LogP contribution is -1.86. The van der Waals surface area contributed by atoms with Crippen LogP contribution in [0.5, 0.6) is 0 Å². The summed E-state index contributed by atoms with van der Waals surface area (Å²) in [6, 6.07) is 3.85. The van der Waals surface area contributed by atoms with Crippen LogP contribution >= 0.6 is 15.9 Å². The van der Waals surface area contributed by atoms with E-state index in [0.717, 1.165) is 17.7 Å². The molecule has 0 saturated carbocycles. The number of hydrogen-bond acceptors (Lipinski definition) is 4. The molecular formula is C11H12BrN3O. The Morgan fingerprint density at radius 1 is 1.38 bits per heavy atom. The molecule has 0 aromatic carbocycles. The third-order valence-corrected chi connectivity index (χ3v) is 3.26. The molecule has 2 aromatic heterocycles. The molecule has 0 N–H and O–H groups in total. The molecule has 1 unspecified atom stereocenters. The van der Waals surface area contributed by atoms with Crippen LogP contribution in [0.4, 0.5) is 0 Å². The van der Waals surface area contributed by atoms with Crippen LogP contribution in [0.25, 0.3) is 11.5 Å². The van der Waals surface area contributed by atoms with Crippen molar-refractivity contribution in [2.24, 2.45) is 0 Å². The molecule has 2 rings (SSSR count). The molecule has 1 atom stereocenters. The summed E-state index contributed by atoms with van der Waals surface area (Å²) in [6.07, 6.45) is 2.65. The van der Waals surface area contributed by atoms with Crippen LogP contribution in [0.3, 0.4) is 0 Å². The summed E-state index contributed by atoms with van der Waals surface area (Å²) in [6.45, 7) is 3.99. The topological polar surface area (TPSA) is 51.8 Å². The maximum absolute atomic E-state index is 5.55. The lowest BCUT2D eigenvalue weighted by molar-refractivity contribution is 0.500. The fourth-order valence-electron chi connectivity index (χ4n) is 1.25. The first-order chi connectivity index (χ1) is 7.70. The Hall–Kier alpha value is -1.23. The number of aryl methyl sites for hydroxylation is 1. The Morgan fingerprint density at radius 2 is 2.19 bits per heavy atom. The van der Waals surface area contributed by atoms with E-state index in [1.807, 2.05) is 19.1 Å². The average Bonchev–Trinajstić information content (AvgIpc) is 2.78. The molecule has 0 saturated heterocycles. The summed E-state index contributed by atoms with van der Waals surface area (Å²) >= 11 is 3.47. The zero-order valence-electron chi connectivity index (χ0n) is 9.14. The molecule has 0 radical (unpaired) electrons. The SMILES string of the molecule is CCC(Br)c1nnc(-c2ccc(C)nc2)o1. The molecular weight excluding hydrogens is 270 g/mol. The molecule has 4 nitrogen and oxygen atoms in total. The molecule has 2 aromatic rings. The van der Waals surface area contributed by atoms with Gasteiger partial charge < -0.3 is 4.42 Å². The monoisotopic (exact) mass is 281 g/mol. The van der Waals surface area contributed by atoms with Crippen molar-refractivity contribution < 1.29 is 4.42 Å². The fourth-order valence-corrected chi connectivity index (χ4v) is 1.43. The molecule has 0 amide bonds. The zero-order valence-corrected chi connectivity index (χ0v) is 10.7. The number of halogens is 1. The molecule has 0 aliphatic heterocycles. The predicted molar refractivity (Wildman–Crippen MR) is 64.2 cm³/mol. The Morgan fingerprint density at radius 3 is 2.81 bits per heavy atom. The van der Waals surface area contributed by atoms with Gasteiger partial charge in [0.1, 0.15) is 0 Å². The smallest absolute Gasteiger partial charge is 0.249 e. The van der Waals surface area contributed by atoms with Crippen LogP contribution in [0.1, 0.15) is 29.8 Å². The standard InChI is InChI=1S/C11H12BrN3O/c1-3-9(12)11-15-14-10(16-11)8-5-4-7(2)13-6-8/h4-6,9H,3H2,1-2H3. The fraction of sp³-hybridized carbons (Fsp3) is 0.364. The van der Waals surface area contributed by atoms with Crippen LogP contribution in [0.2, 0.25) is 0 Å². The van der Waals surface area contributed by atoms with Crippen LogP contribution in [-0.2, 0) is 0 Å². The minimum atomic E-state index is 0.118. The van der Waals surface area contributed by atoms with E-state index in [2.05, 4.69) is 38.0 Å². The molecule has 0 spiro atoms. The van der Waals surface area contributed by atoms with Gasteiger partial charge in [-0.2, -0.15) is 0 Å². The number of aromatic nitrogens is 3. The van der Waals surface area contributed by atoms with E-state index < -0.39 is 0 Å². The van der Waals surface area contributed by atoms with Gasteiger partial charge in [-0.3, -0.25) is 4.98 Å². The molecule has 0 fully saturated rings. The quantitative estimate of drug-likeness (QED) is 0.810. The maximum atomic E-state index is 5.55. The highest BCUT2D eigenvalue weighted by atomic mass is 79.9. The normalized spacial score (nSPS) is 12.7. The summed E-state index contributed by atoms with van der Waals surface area (Å²) in [5, 5.41) is 7.99. The van der Waals surface area contributed by atoms with Gasteiger partial charge in [0, 0.05) is 11.9 Å². The highest BCUT2D eigenvalue weighted by molar-refractivity contribution is 9.09. The van der Waals surface area contributed by atoms with Crippen molar-refractivity contribution in [2.45, 2.75) is 25.1 Å². The highest BCUT2D eigenvalue weighted by Gasteiger charge is 2.14. The molecule has 2 heterocycles. The second kappa shape index (κ2) is 4.74.